The minimum Gasteiger partial charge on any atom is -0.505 e. The van der Waals surface area contributed by atoms with Gasteiger partial charge in [0, 0.05) is 39.1 Å². The lowest BCUT2D eigenvalue weighted by atomic mass is 10.1. The number of hydrogen-bond acceptors (Lipinski definition) is 25. The van der Waals surface area contributed by atoms with Crippen molar-refractivity contribution in [2.45, 2.75) is 34.3 Å². The largest absolute Gasteiger partial charge is 0.505 e. The van der Waals surface area contributed by atoms with E-state index in [-0.39, 0.29) is 50.0 Å². The van der Waals surface area contributed by atoms with Crippen molar-refractivity contribution in [2.24, 2.45) is 0 Å². The van der Waals surface area contributed by atoms with Gasteiger partial charge >= 0.3 is 0 Å². The Bertz CT molecular complexity index is 4450. The summed E-state index contributed by atoms with van der Waals surface area (Å²) in [5.41, 5.74) is 34.9. The van der Waals surface area contributed by atoms with Gasteiger partial charge in [-0.1, -0.05) is 18.2 Å². The molecular formula is C36H36N8O25S7. The molecular weight excluding hydrogens is 1170 g/mol. The number of fused-ring (bicyclic) bond motifs is 3. The topological polar surface area (TPSA) is 646 Å². The van der Waals surface area contributed by atoms with Crippen LogP contribution < -0.4 is 40.1 Å². The Balaban J connectivity index is 0.000000222. The lowest BCUT2D eigenvalue weighted by Gasteiger charge is -2.14. The van der Waals surface area contributed by atoms with E-state index in [1.807, 2.05) is 0 Å². The number of nitrogen functional groups attached to an aromatic ring is 7. The maximum atomic E-state index is 11.4. The molecule has 0 radical (unpaired) electrons. The van der Waals surface area contributed by atoms with Crippen LogP contribution in [0.3, 0.4) is 0 Å². The number of nitrogens with two attached hydrogens (primary N) is 7. The summed E-state index contributed by atoms with van der Waals surface area (Å²) in [7, 11) is -33.0. The van der Waals surface area contributed by atoms with Gasteiger partial charge < -0.3 is 50.3 Å². The average Bonchev–Trinajstić information content (AvgIpc) is 3.24. The molecule has 0 fully saturated rings. The lowest BCUT2D eigenvalue weighted by molar-refractivity contribution is -0.385. The molecule has 0 aromatic heterocycles. The van der Waals surface area contributed by atoms with Gasteiger partial charge in [0.15, 0.2) is 0 Å². The third-order valence-electron chi connectivity index (χ3n) is 9.83. The van der Waals surface area contributed by atoms with Crippen molar-refractivity contribution < 1.29 is 106 Å². The van der Waals surface area contributed by atoms with E-state index in [2.05, 4.69) is 0 Å². The monoisotopic (exact) mass is 1200 g/mol. The number of phenolic OH excluding ortho intramolecular Hbond substituents is 2. The number of nitro benzene ring substituents is 1. The van der Waals surface area contributed by atoms with Crippen LogP contribution in [0.5, 0.6) is 11.5 Å². The number of hydrogen-bond donors (Lipinski definition) is 16. The minimum atomic E-state index is -4.87. The quantitative estimate of drug-likeness (QED) is 0.0335. The summed E-state index contributed by atoms with van der Waals surface area (Å²) in [4.78, 5) is 4.36. The molecule has 0 saturated heterocycles. The molecule has 7 rings (SSSR count). The molecule has 40 heteroatoms. The summed E-state index contributed by atoms with van der Waals surface area (Å²) < 4.78 is 220. The summed E-state index contributed by atoms with van der Waals surface area (Å²) in [6.45, 7) is 0. The normalized spacial score (nSPS) is 12.4. The number of anilines is 7. The number of aromatic hydroxyl groups is 2. The van der Waals surface area contributed by atoms with Gasteiger partial charge in [0.05, 0.1) is 50.1 Å². The fourth-order valence-corrected chi connectivity index (χ4v) is 11.6. The molecule has 0 aliphatic rings. The van der Waals surface area contributed by atoms with E-state index in [1.54, 1.807) is 0 Å². The van der Waals surface area contributed by atoms with Crippen molar-refractivity contribution in [3.8, 4) is 11.5 Å². The van der Waals surface area contributed by atoms with Gasteiger partial charge in [0.1, 0.15) is 45.8 Å². The van der Waals surface area contributed by atoms with Gasteiger partial charge in [-0.3, -0.25) is 42.0 Å². The molecule has 412 valence electrons. The Morgan fingerprint density at radius 3 is 1.20 bits per heavy atom. The standard InChI is InChI=1S/C10H11N3O7S2.C10H10N2O7S2.C10H9NO6S2.C6H6N2O5S/c11-4-2-5(21(15,16)17)3-1-6(22(18,19)20)9(13)10(14)7(3)8(4)12;11-6-2-1-4-5(10(6)21(17,18)19)3-7(20(14,15)16)8(12)9(4)13;11-8-5-4-6-7(10(8)19(15,16)17)2-1-3-9(6)18(12,13)14;7-5-2-1-4(8(9)10)3-6(5)14(11,12)13/h1-2,14H,11-13H2,(H,15,16,17)(H,18,19,20);1-3,13H,11-12H2,(H,14,15,16)(H,17,18,19);1-5H,11H2,(H,12,13,14)(H,15,16,17);1-3H,7H2,(H,11,12,13). The van der Waals surface area contributed by atoms with Crippen molar-refractivity contribution in [1.82, 2.24) is 0 Å². The molecule has 76 heavy (non-hydrogen) atoms. The Kier molecular flexibility index (Phi) is 16.6. The summed E-state index contributed by atoms with van der Waals surface area (Å²) >= 11 is 0. The molecule has 0 aliphatic heterocycles. The summed E-state index contributed by atoms with van der Waals surface area (Å²) in [5.74, 6) is -1.65. The van der Waals surface area contributed by atoms with Gasteiger partial charge in [-0.2, -0.15) is 58.9 Å². The van der Waals surface area contributed by atoms with Gasteiger partial charge in [-0.05, 0) is 48.5 Å². The van der Waals surface area contributed by atoms with Gasteiger partial charge in [-0.25, -0.2) is 0 Å². The number of nitro groups is 1. The van der Waals surface area contributed by atoms with E-state index in [1.165, 1.54) is 24.3 Å². The highest BCUT2D eigenvalue weighted by Crippen LogP contribution is 2.44. The van der Waals surface area contributed by atoms with Crippen LogP contribution in [-0.2, 0) is 70.8 Å². The predicted octanol–water partition coefficient (Wildman–Crippen LogP) is 1.33. The van der Waals surface area contributed by atoms with Crippen molar-refractivity contribution >= 4 is 149 Å². The fraction of sp³-hybridized carbons (Fsp3) is 0. The van der Waals surface area contributed by atoms with Crippen molar-refractivity contribution in [1.29, 1.82) is 0 Å². The molecule has 0 heterocycles. The molecule has 7 aromatic carbocycles. The first-order valence-corrected chi connectivity index (χ1v) is 29.0. The molecule has 0 spiro atoms. The first-order valence-electron chi connectivity index (χ1n) is 18.9. The maximum absolute atomic E-state index is 11.4. The minimum absolute atomic E-state index is 0.0492. The summed E-state index contributed by atoms with van der Waals surface area (Å²) in [6.07, 6.45) is 0. The highest BCUT2D eigenvalue weighted by Gasteiger charge is 2.28. The van der Waals surface area contributed by atoms with Crippen LogP contribution in [0.2, 0.25) is 0 Å². The third-order valence-corrected chi connectivity index (χ3v) is 16.3. The van der Waals surface area contributed by atoms with Crippen LogP contribution in [-0.4, -0.2) is 106 Å². The van der Waals surface area contributed by atoms with Crippen molar-refractivity contribution in [3.05, 3.63) is 89.0 Å². The molecule has 0 unspecified atom stereocenters. The number of phenols is 2. The zero-order chi connectivity index (χ0) is 58.5. The van der Waals surface area contributed by atoms with E-state index in [9.17, 15) is 88.4 Å². The van der Waals surface area contributed by atoms with E-state index < -0.39 is 149 Å². The Morgan fingerprint density at radius 1 is 0.355 bits per heavy atom. The molecule has 0 aliphatic carbocycles. The second-order valence-electron chi connectivity index (χ2n) is 14.8. The smallest absolute Gasteiger partial charge is 0.297 e. The highest BCUT2D eigenvalue weighted by atomic mass is 32.2. The predicted molar refractivity (Wildman–Crippen MR) is 268 cm³/mol. The third kappa shape index (κ3) is 13.0. The van der Waals surface area contributed by atoms with Crippen LogP contribution >= 0.6 is 0 Å². The Hall–Kier alpha value is -7.71. The van der Waals surface area contributed by atoms with Crippen molar-refractivity contribution in [3.63, 3.8) is 0 Å². The molecule has 33 nitrogen and oxygen atoms in total. The molecule has 23 N–H and O–H groups in total. The van der Waals surface area contributed by atoms with E-state index in [0.717, 1.165) is 36.4 Å². The number of rotatable bonds is 8. The van der Waals surface area contributed by atoms with Crippen LogP contribution in [0.1, 0.15) is 0 Å². The highest BCUT2D eigenvalue weighted by molar-refractivity contribution is 7.87. The Morgan fingerprint density at radius 2 is 0.763 bits per heavy atom. The molecule has 0 atom stereocenters. The lowest BCUT2D eigenvalue weighted by Crippen LogP contribution is -2.08. The van der Waals surface area contributed by atoms with E-state index in [0.29, 0.717) is 18.2 Å². The SMILES string of the molecule is Nc1cc(S(=O)(=O)O)c2cc(S(=O)(=O)O)c(N)c(O)c2c1N.Nc1ccc([N+](=O)[O-])cc1S(=O)(=O)O.Nc1ccc2c(O)c(N)c(S(=O)(=O)O)cc2c1S(=O)(=O)O.Nc1ccc2c(S(=O)(=O)O)cccc2c1S(=O)(=O)O. The summed E-state index contributed by atoms with van der Waals surface area (Å²) in [6, 6.07) is 13.3. The first kappa shape index (κ1) is 60.8. The second-order valence-corrected chi connectivity index (χ2v) is 24.5. The van der Waals surface area contributed by atoms with E-state index >= 15 is 0 Å². The van der Waals surface area contributed by atoms with Crippen LogP contribution in [0.4, 0.5) is 45.5 Å². The zero-order valence-electron chi connectivity index (χ0n) is 36.9. The number of non-ortho nitro benzene ring substituents is 1. The van der Waals surface area contributed by atoms with Gasteiger partial charge in [-0.15, -0.1) is 0 Å². The van der Waals surface area contributed by atoms with Crippen molar-refractivity contribution in [2.75, 3.05) is 40.1 Å². The van der Waals surface area contributed by atoms with Crippen LogP contribution in [0, 0.1) is 10.1 Å². The fourth-order valence-electron chi connectivity index (χ4n) is 6.62. The Labute approximate surface area is 427 Å². The molecule has 0 amide bonds. The van der Waals surface area contributed by atoms with Gasteiger partial charge in [0.25, 0.3) is 76.5 Å². The molecule has 0 bridgehead atoms. The van der Waals surface area contributed by atoms with Crippen LogP contribution in [0.15, 0.2) is 113 Å². The zero-order valence-corrected chi connectivity index (χ0v) is 42.6. The number of nitrogens with zero attached hydrogens (tertiary/aromatic N) is 1. The van der Waals surface area contributed by atoms with E-state index in [4.69, 9.17) is 62.9 Å². The average molecular weight is 1210 g/mol. The first-order chi connectivity index (χ1) is 34.2. The molecule has 0 saturated carbocycles. The summed E-state index contributed by atoms with van der Waals surface area (Å²) in [5, 5.41) is 28.6. The molecule has 7 aromatic rings. The van der Waals surface area contributed by atoms with Gasteiger partial charge in [0.2, 0.25) is 0 Å². The second kappa shape index (κ2) is 20.8. The van der Waals surface area contributed by atoms with Crippen LogP contribution in [0.25, 0.3) is 32.3 Å². The number of benzene rings is 7. The maximum Gasteiger partial charge on any atom is 0.297 e.